The first-order valence-corrected chi connectivity index (χ1v) is 12.4. The van der Waals surface area contributed by atoms with Crippen LogP contribution >= 0.6 is 0 Å². The van der Waals surface area contributed by atoms with Crippen LogP contribution in [0, 0.1) is 11.6 Å². The first kappa shape index (κ1) is 21.8. The van der Waals surface area contributed by atoms with Crippen LogP contribution in [0.25, 0.3) is 0 Å². The van der Waals surface area contributed by atoms with E-state index in [1.165, 1.54) is 46.8 Å². The van der Waals surface area contributed by atoms with E-state index < -0.39 is 43.2 Å². The number of hydrogen-bond donors (Lipinski definition) is 1. The molecule has 1 aliphatic carbocycles. The summed E-state index contributed by atoms with van der Waals surface area (Å²) in [5, 5.41) is 0. The van der Waals surface area contributed by atoms with Gasteiger partial charge in [0.2, 0.25) is 20.0 Å². The van der Waals surface area contributed by atoms with Gasteiger partial charge in [0.15, 0.2) is 0 Å². The fraction of sp³-hybridized carbons (Fsp3) is 0.368. The molecule has 1 saturated carbocycles. The van der Waals surface area contributed by atoms with Crippen LogP contribution in [-0.2, 0) is 31.6 Å². The molecule has 0 heterocycles. The molecule has 2 aromatic rings. The zero-order valence-electron chi connectivity index (χ0n) is 15.6. The third kappa shape index (κ3) is 6.05. The normalized spacial score (nSPS) is 15.0. The Labute approximate surface area is 169 Å². The zero-order valence-corrected chi connectivity index (χ0v) is 17.2. The van der Waals surface area contributed by atoms with Gasteiger partial charge in [-0.1, -0.05) is 36.4 Å². The van der Waals surface area contributed by atoms with Crippen molar-refractivity contribution in [2.45, 2.75) is 30.4 Å². The maximum absolute atomic E-state index is 13.8. The standard InChI is InChI=1S/C19H22F2N2O4S2/c20-18-7-3-1-5-15(18)13-28(24,25)22-11-12-23(17-9-10-17)29(26,27)14-16-6-2-4-8-19(16)21/h1-8,17,22H,9-14H2. The van der Waals surface area contributed by atoms with Crippen molar-refractivity contribution in [3.05, 3.63) is 71.3 Å². The highest BCUT2D eigenvalue weighted by Crippen LogP contribution is 2.30. The molecule has 10 heteroatoms. The van der Waals surface area contributed by atoms with Crippen molar-refractivity contribution in [1.29, 1.82) is 0 Å². The van der Waals surface area contributed by atoms with Crippen molar-refractivity contribution in [3.63, 3.8) is 0 Å². The van der Waals surface area contributed by atoms with Gasteiger partial charge in [-0.25, -0.2) is 30.3 Å². The van der Waals surface area contributed by atoms with Crippen molar-refractivity contribution in [2.24, 2.45) is 0 Å². The lowest BCUT2D eigenvalue weighted by Crippen LogP contribution is -2.40. The zero-order chi connectivity index (χ0) is 21.1. The summed E-state index contributed by atoms with van der Waals surface area (Å²) in [6, 6.07) is 11.0. The Hall–Kier alpha value is -1.88. The predicted molar refractivity (Wildman–Crippen MR) is 106 cm³/mol. The Morgan fingerprint density at radius 2 is 1.38 bits per heavy atom. The molecule has 1 fully saturated rings. The van der Waals surface area contributed by atoms with Crippen LogP contribution in [0.5, 0.6) is 0 Å². The fourth-order valence-corrected chi connectivity index (χ4v) is 5.96. The highest BCUT2D eigenvalue weighted by Gasteiger charge is 2.37. The predicted octanol–water partition coefficient (Wildman–Crippen LogP) is 2.38. The summed E-state index contributed by atoms with van der Waals surface area (Å²) in [5.74, 6) is -2.24. The highest BCUT2D eigenvalue weighted by molar-refractivity contribution is 7.88. The number of nitrogens with zero attached hydrogens (tertiary/aromatic N) is 1. The van der Waals surface area contributed by atoms with Crippen LogP contribution in [0.15, 0.2) is 48.5 Å². The van der Waals surface area contributed by atoms with E-state index in [9.17, 15) is 25.6 Å². The lowest BCUT2D eigenvalue weighted by atomic mass is 10.2. The summed E-state index contributed by atoms with van der Waals surface area (Å²) in [6.07, 6.45) is 1.36. The van der Waals surface area contributed by atoms with Crippen molar-refractivity contribution in [2.75, 3.05) is 13.1 Å². The number of sulfonamides is 2. The largest absolute Gasteiger partial charge is 0.218 e. The van der Waals surface area contributed by atoms with Gasteiger partial charge in [0.05, 0.1) is 11.5 Å². The van der Waals surface area contributed by atoms with Gasteiger partial charge < -0.3 is 0 Å². The molecule has 0 amide bonds. The molecule has 0 unspecified atom stereocenters. The Morgan fingerprint density at radius 1 is 0.862 bits per heavy atom. The van der Waals surface area contributed by atoms with Crippen LogP contribution in [0.4, 0.5) is 8.78 Å². The monoisotopic (exact) mass is 444 g/mol. The second-order valence-electron chi connectivity index (χ2n) is 6.93. The Kier molecular flexibility index (Phi) is 6.67. The first-order chi connectivity index (χ1) is 13.7. The lowest BCUT2D eigenvalue weighted by molar-refractivity contribution is 0.404. The molecule has 0 radical (unpaired) electrons. The molecule has 0 aliphatic heterocycles. The molecule has 29 heavy (non-hydrogen) atoms. The van der Waals surface area contributed by atoms with Gasteiger partial charge in [0, 0.05) is 30.3 Å². The van der Waals surface area contributed by atoms with E-state index in [-0.39, 0.29) is 30.3 Å². The summed E-state index contributed by atoms with van der Waals surface area (Å²) in [7, 11) is -7.66. The minimum absolute atomic E-state index is 0.0335. The molecule has 0 aromatic heterocycles. The average molecular weight is 445 g/mol. The Morgan fingerprint density at radius 3 is 1.90 bits per heavy atom. The third-order valence-corrected chi connectivity index (χ3v) is 7.77. The van der Waals surface area contributed by atoms with Crippen LogP contribution < -0.4 is 4.72 Å². The van der Waals surface area contributed by atoms with Gasteiger partial charge in [-0.3, -0.25) is 0 Å². The molecule has 0 bridgehead atoms. The topological polar surface area (TPSA) is 83.6 Å². The number of nitrogens with one attached hydrogen (secondary N) is 1. The minimum atomic E-state index is -3.84. The molecule has 0 atom stereocenters. The average Bonchev–Trinajstić information content (AvgIpc) is 3.47. The number of halogens is 2. The van der Waals surface area contributed by atoms with Gasteiger partial charge in [-0.15, -0.1) is 0 Å². The van der Waals surface area contributed by atoms with Gasteiger partial charge in [-0.2, -0.15) is 4.31 Å². The van der Waals surface area contributed by atoms with Gasteiger partial charge in [0.1, 0.15) is 11.6 Å². The third-order valence-electron chi connectivity index (χ3n) is 4.56. The van der Waals surface area contributed by atoms with E-state index in [2.05, 4.69) is 4.72 Å². The van der Waals surface area contributed by atoms with Gasteiger partial charge >= 0.3 is 0 Å². The van der Waals surface area contributed by atoms with Gasteiger partial charge in [0.25, 0.3) is 0 Å². The van der Waals surface area contributed by atoms with Crippen molar-refractivity contribution in [1.82, 2.24) is 9.03 Å². The second-order valence-corrected chi connectivity index (χ2v) is 10.7. The molecular weight excluding hydrogens is 422 g/mol. The van der Waals surface area contributed by atoms with Crippen LogP contribution in [-0.4, -0.2) is 40.3 Å². The molecule has 1 N–H and O–H groups in total. The van der Waals surface area contributed by atoms with Crippen LogP contribution in [0.1, 0.15) is 24.0 Å². The number of rotatable bonds is 10. The van der Waals surface area contributed by atoms with Crippen molar-refractivity contribution in [3.8, 4) is 0 Å². The summed E-state index contributed by atoms with van der Waals surface area (Å²) >= 11 is 0. The van der Waals surface area contributed by atoms with E-state index in [0.717, 1.165) is 0 Å². The maximum Gasteiger partial charge on any atom is 0.218 e. The summed E-state index contributed by atoms with van der Waals surface area (Å²) < 4.78 is 81.0. The molecule has 1 aliphatic rings. The van der Waals surface area contributed by atoms with E-state index in [4.69, 9.17) is 0 Å². The fourth-order valence-electron chi connectivity index (χ4n) is 2.99. The molecule has 6 nitrogen and oxygen atoms in total. The Balaban J connectivity index is 1.62. The quantitative estimate of drug-likeness (QED) is 0.610. The minimum Gasteiger partial charge on any atom is -0.214 e. The lowest BCUT2D eigenvalue weighted by Gasteiger charge is -2.22. The van der Waals surface area contributed by atoms with E-state index in [1.54, 1.807) is 6.07 Å². The molecule has 0 saturated heterocycles. The van der Waals surface area contributed by atoms with Crippen LogP contribution in [0.2, 0.25) is 0 Å². The molecule has 158 valence electrons. The SMILES string of the molecule is O=S(=O)(Cc1ccccc1F)NCCN(C1CC1)S(=O)(=O)Cc1ccccc1F. The number of hydrogen-bond acceptors (Lipinski definition) is 4. The van der Waals surface area contributed by atoms with E-state index >= 15 is 0 Å². The van der Waals surface area contributed by atoms with E-state index in [0.29, 0.717) is 12.8 Å². The van der Waals surface area contributed by atoms with E-state index in [1.807, 2.05) is 0 Å². The molecule has 2 aromatic carbocycles. The summed E-state index contributed by atoms with van der Waals surface area (Å²) in [4.78, 5) is 0. The van der Waals surface area contributed by atoms with Crippen LogP contribution in [0.3, 0.4) is 0 Å². The highest BCUT2D eigenvalue weighted by atomic mass is 32.2. The first-order valence-electron chi connectivity index (χ1n) is 9.11. The Bertz CT molecular complexity index is 1070. The van der Waals surface area contributed by atoms with Crippen molar-refractivity contribution < 1.29 is 25.6 Å². The summed E-state index contributed by atoms with van der Waals surface area (Å²) in [6.45, 7) is -0.220. The smallest absolute Gasteiger partial charge is 0.214 e. The maximum atomic E-state index is 13.8. The van der Waals surface area contributed by atoms with Crippen molar-refractivity contribution >= 4 is 20.0 Å². The summed E-state index contributed by atoms with van der Waals surface area (Å²) in [5.41, 5.74) is 0.101. The number of benzene rings is 2. The molecule has 3 rings (SSSR count). The second kappa shape index (κ2) is 8.86. The molecular formula is C19H22F2N2O4S2. The van der Waals surface area contributed by atoms with Gasteiger partial charge in [-0.05, 0) is 25.0 Å². The molecule has 0 spiro atoms.